The molecule has 0 unspecified atom stereocenters. The van der Waals surface area contributed by atoms with Crippen LogP contribution < -0.4 is 0 Å². The van der Waals surface area contributed by atoms with Crippen molar-refractivity contribution in [2.24, 2.45) is 0 Å². The van der Waals surface area contributed by atoms with Crippen LogP contribution in [0.4, 0.5) is 0 Å². The van der Waals surface area contributed by atoms with E-state index >= 15 is 0 Å². The number of aromatic nitrogens is 8. The first-order chi connectivity index (χ1) is 30.8. The van der Waals surface area contributed by atoms with Gasteiger partial charge in [0.05, 0.1) is 27.8 Å². The van der Waals surface area contributed by atoms with Crippen molar-refractivity contribution in [1.82, 2.24) is 39.0 Å². The fraction of sp³-hybridized carbons (Fsp3) is 0. The van der Waals surface area contributed by atoms with Crippen LogP contribution in [-0.2, 0) is 0 Å². The summed E-state index contributed by atoms with van der Waals surface area (Å²) in [5.74, 6) is 3.55. The predicted molar refractivity (Wildman–Crippen MR) is 249 cm³/mol. The molecule has 8 heteroatoms. The Morgan fingerprint density at radius 2 is 0.694 bits per heavy atom. The molecule has 8 nitrogen and oxygen atoms in total. The van der Waals surface area contributed by atoms with Gasteiger partial charge in [0.2, 0.25) is 5.95 Å². The highest BCUT2D eigenvalue weighted by Crippen LogP contribution is 2.43. The summed E-state index contributed by atoms with van der Waals surface area (Å²) in [6.07, 6.45) is 0. The molecule has 0 atom stereocenters. The topological polar surface area (TPSA) is 87.2 Å². The molecular formula is C54H34N8. The summed E-state index contributed by atoms with van der Waals surface area (Å²) in [7, 11) is 0. The van der Waals surface area contributed by atoms with Crippen molar-refractivity contribution in [2.75, 3.05) is 0 Å². The molecule has 0 saturated carbocycles. The molecule has 0 bridgehead atoms. The van der Waals surface area contributed by atoms with E-state index in [2.05, 4.69) is 94.1 Å². The molecule has 0 aliphatic heterocycles. The van der Waals surface area contributed by atoms with E-state index in [0.717, 1.165) is 77.1 Å². The molecule has 12 rings (SSSR count). The lowest BCUT2D eigenvalue weighted by Crippen LogP contribution is -2.06. The smallest absolute Gasteiger partial charge is 0.238 e. The summed E-state index contributed by atoms with van der Waals surface area (Å²) in [4.78, 5) is 30.8. The highest BCUT2D eigenvalue weighted by Gasteiger charge is 2.25. The van der Waals surface area contributed by atoms with Crippen LogP contribution in [0.3, 0.4) is 0 Å². The van der Waals surface area contributed by atoms with Crippen LogP contribution in [0, 0.1) is 0 Å². The average molecular weight is 795 g/mol. The summed E-state index contributed by atoms with van der Waals surface area (Å²) < 4.78 is 4.56. The summed E-state index contributed by atoms with van der Waals surface area (Å²) >= 11 is 0. The number of rotatable bonds is 7. The molecule has 8 aromatic carbocycles. The fourth-order valence-corrected chi connectivity index (χ4v) is 8.66. The van der Waals surface area contributed by atoms with Gasteiger partial charge in [-0.25, -0.2) is 19.9 Å². The number of para-hydroxylation sites is 3. The van der Waals surface area contributed by atoms with Gasteiger partial charge < -0.3 is 4.57 Å². The Bertz CT molecular complexity index is 3500. The lowest BCUT2D eigenvalue weighted by Gasteiger charge is -2.15. The number of fused-ring (bicyclic) bond motifs is 7. The second-order valence-corrected chi connectivity index (χ2v) is 15.1. The van der Waals surface area contributed by atoms with E-state index in [1.807, 2.05) is 121 Å². The highest BCUT2D eigenvalue weighted by atomic mass is 15.2. The van der Waals surface area contributed by atoms with Gasteiger partial charge in [0.1, 0.15) is 0 Å². The Morgan fingerprint density at radius 3 is 1.24 bits per heavy atom. The maximum Gasteiger partial charge on any atom is 0.238 e. The third kappa shape index (κ3) is 5.84. The molecule has 12 aromatic rings. The number of benzene rings is 8. The molecular weight excluding hydrogens is 761 g/mol. The van der Waals surface area contributed by atoms with Crippen LogP contribution in [0.2, 0.25) is 0 Å². The van der Waals surface area contributed by atoms with Crippen molar-refractivity contribution in [3.63, 3.8) is 0 Å². The van der Waals surface area contributed by atoms with Crippen LogP contribution in [0.1, 0.15) is 0 Å². The van der Waals surface area contributed by atoms with Gasteiger partial charge in [0, 0.05) is 49.4 Å². The van der Waals surface area contributed by atoms with E-state index in [1.54, 1.807) is 0 Å². The van der Waals surface area contributed by atoms with Gasteiger partial charge in [-0.05, 0) is 30.3 Å². The summed E-state index contributed by atoms with van der Waals surface area (Å²) in [5.41, 5.74) is 9.59. The zero-order valence-electron chi connectivity index (χ0n) is 33.2. The van der Waals surface area contributed by atoms with E-state index in [-0.39, 0.29) is 0 Å². The SMILES string of the molecule is c1ccc(-c2nc(-c3ccccc3)nc(-c3ccccc3-n3c4ccccc4c4ccc5c(c6ccccc6n5-c5nc(-c6ccccc6)nc(-c6ccccc6)n5)c43)n2)cc1. The van der Waals surface area contributed by atoms with Gasteiger partial charge in [-0.15, -0.1) is 0 Å². The molecule has 0 spiro atoms. The lowest BCUT2D eigenvalue weighted by molar-refractivity contribution is 0.953. The quantitative estimate of drug-likeness (QED) is 0.160. The largest absolute Gasteiger partial charge is 0.308 e. The Morgan fingerprint density at radius 1 is 0.274 bits per heavy atom. The number of nitrogens with zero attached hydrogens (tertiary/aromatic N) is 8. The molecule has 0 N–H and O–H groups in total. The van der Waals surface area contributed by atoms with Crippen LogP contribution >= 0.6 is 0 Å². The average Bonchev–Trinajstić information content (AvgIpc) is 3.88. The van der Waals surface area contributed by atoms with Gasteiger partial charge in [0.25, 0.3) is 0 Å². The van der Waals surface area contributed by atoms with Crippen molar-refractivity contribution >= 4 is 43.6 Å². The van der Waals surface area contributed by atoms with Gasteiger partial charge >= 0.3 is 0 Å². The second-order valence-electron chi connectivity index (χ2n) is 15.1. The van der Waals surface area contributed by atoms with Crippen LogP contribution in [-0.4, -0.2) is 39.0 Å². The monoisotopic (exact) mass is 794 g/mol. The first-order valence-electron chi connectivity index (χ1n) is 20.6. The molecule has 0 radical (unpaired) electrons. The fourth-order valence-electron chi connectivity index (χ4n) is 8.66. The summed E-state index contributed by atoms with van der Waals surface area (Å²) in [5, 5.41) is 4.43. The molecule has 4 aromatic heterocycles. The molecule has 290 valence electrons. The first-order valence-corrected chi connectivity index (χ1v) is 20.6. The molecule has 4 heterocycles. The standard InChI is InChI=1S/C54H34N8/c1-5-19-35(20-6-1)49-55-50(36-21-7-2-8-22-36)58-53(57-49)42-29-15-18-32-45(42)61-43-30-16-13-27-39(43)40-33-34-46-47(48(40)61)41-28-14-17-31-44(41)62(46)54-59-51(37-23-9-3-10-24-37)56-52(60-54)38-25-11-4-12-26-38/h1-34H. The van der Waals surface area contributed by atoms with Gasteiger partial charge in [-0.2, -0.15) is 9.97 Å². The lowest BCUT2D eigenvalue weighted by atomic mass is 10.1. The normalized spacial score (nSPS) is 11.5. The van der Waals surface area contributed by atoms with Gasteiger partial charge in [-0.1, -0.05) is 176 Å². The van der Waals surface area contributed by atoms with Crippen molar-refractivity contribution < 1.29 is 0 Å². The van der Waals surface area contributed by atoms with Crippen molar-refractivity contribution in [2.45, 2.75) is 0 Å². The van der Waals surface area contributed by atoms with Gasteiger partial charge in [0.15, 0.2) is 29.1 Å². The minimum absolute atomic E-state index is 0.540. The minimum atomic E-state index is 0.540. The third-order valence-corrected chi connectivity index (χ3v) is 11.4. The van der Waals surface area contributed by atoms with Crippen LogP contribution in [0.25, 0.3) is 112 Å². The number of hydrogen-bond donors (Lipinski definition) is 0. The third-order valence-electron chi connectivity index (χ3n) is 11.4. The van der Waals surface area contributed by atoms with Gasteiger partial charge in [-0.3, -0.25) is 4.57 Å². The Labute approximate surface area is 356 Å². The second kappa shape index (κ2) is 14.6. The highest BCUT2D eigenvalue weighted by molar-refractivity contribution is 6.26. The van der Waals surface area contributed by atoms with E-state index in [1.165, 1.54) is 0 Å². The maximum atomic E-state index is 5.21. The minimum Gasteiger partial charge on any atom is -0.308 e. The van der Waals surface area contributed by atoms with Crippen LogP contribution in [0.15, 0.2) is 206 Å². The Balaban J connectivity index is 1.16. The van der Waals surface area contributed by atoms with Crippen molar-refractivity contribution in [3.8, 4) is 68.6 Å². The Hall–Kier alpha value is -8.62. The zero-order chi connectivity index (χ0) is 41.0. The van der Waals surface area contributed by atoms with E-state index in [9.17, 15) is 0 Å². The first kappa shape index (κ1) is 35.3. The molecule has 0 aliphatic carbocycles. The maximum absolute atomic E-state index is 5.21. The zero-order valence-corrected chi connectivity index (χ0v) is 33.2. The molecule has 0 saturated heterocycles. The van der Waals surface area contributed by atoms with E-state index in [0.29, 0.717) is 35.1 Å². The predicted octanol–water partition coefficient (Wildman–Crippen LogP) is 12.6. The molecule has 0 amide bonds. The summed E-state index contributed by atoms with van der Waals surface area (Å²) in [6, 6.07) is 70.4. The van der Waals surface area contributed by atoms with E-state index in [4.69, 9.17) is 29.9 Å². The molecule has 62 heavy (non-hydrogen) atoms. The van der Waals surface area contributed by atoms with Crippen molar-refractivity contribution in [3.05, 3.63) is 206 Å². The molecule has 0 fully saturated rings. The van der Waals surface area contributed by atoms with Crippen molar-refractivity contribution in [1.29, 1.82) is 0 Å². The summed E-state index contributed by atoms with van der Waals surface area (Å²) in [6.45, 7) is 0. The van der Waals surface area contributed by atoms with E-state index < -0.39 is 0 Å². The number of hydrogen-bond acceptors (Lipinski definition) is 6. The Kier molecular flexibility index (Phi) is 8.31. The molecule has 0 aliphatic rings. The van der Waals surface area contributed by atoms with Crippen LogP contribution in [0.5, 0.6) is 0 Å².